The Labute approximate surface area is 102 Å². The molecule has 4 nitrogen and oxygen atoms in total. The zero-order chi connectivity index (χ0) is 12.0. The minimum absolute atomic E-state index is 0.147. The van der Waals surface area contributed by atoms with Gasteiger partial charge in [-0.25, -0.2) is 0 Å². The lowest BCUT2D eigenvalue weighted by Gasteiger charge is -2.31. The third kappa shape index (κ3) is 3.96. The maximum Gasteiger partial charge on any atom is 0.242 e. The fraction of sp³-hybridized carbons (Fsp3) is 0.909. The van der Waals surface area contributed by atoms with E-state index in [9.17, 15) is 4.79 Å². The normalized spacial score (nSPS) is 22.8. The zero-order valence-corrected chi connectivity index (χ0v) is 11.2. The quantitative estimate of drug-likeness (QED) is 0.770. The van der Waals surface area contributed by atoms with E-state index in [2.05, 4.69) is 18.5 Å². The Morgan fingerprint density at radius 1 is 1.69 bits per heavy atom. The van der Waals surface area contributed by atoms with Gasteiger partial charge in [0.2, 0.25) is 5.91 Å². The minimum Gasteiger partial charge on any atom is -0.378 e. The summed E-state index contributed by atoms with van der Waals surface area (Å²) in [5.74, 6) is 1.24. The van der Waals surface area contributed by atoms with E-state index in [0.29, 0.717) is 19.3 Å². The first-order chi connectivity index (χ1) is 7.66. The van der Waals surface area contributed by atoms with Gasteiger partial charge < -0.3 is 15.0 Å². The van der Waals surface area contributed by atoms with Gasteiger partial charge in [-0.2, -0.15) is 11.8 Å². The molecule has 0 bridgehead atoms. The van der Waals surface area contributed by atoms with E-state index in [1.807, 2.05) is 23.7 Å². The Hall–Kier alpha value is -0.260. The second-order valence-corrected chi connectivity index (χ2v) is 5.15. The van der Waals surface area contributed by atoms with E-state index >= 15 is 0 Å². The molecule has 1 amide bonds. The van der Waals surface area contributed by atoms with Crippen molar-refractivity contribution in [1.82, 2.24) is 10.2 Å². The Morgan fingerprint density at radius 2 is 2.44 bits per heavy atom. The number of likely N-dealkylation sites (N-methyl/N-ethyl adjacent to an activating group) is 1. The fourth-order valence-corrected chi connectivity index (χ4v) is 2.25. The molecule has 1 rings (SSSR count). The Balaban J connectivity index is 2.38. The number of hydrogen-bond donors (Lipinski definition) is 1. The van der Waals surface area contributed by atoms with Crippen molar-refractivity contribution in [3.63, 3.8) is 0 Å². The third-order valence-corrected chi connectivity index (χ3v) is 3.61. The van der Waals surface area contributed by atoms with Gasteiger partial charge in [0.15, 0.2) is 0 Å². The molecule has 0 spiro atoms. The molecule has 0 aromatic rings. The molecule has 16 heavy (non-hydrogen) atoms. The van der Waals surface area contributed by atoms with Crippen molar-refractivity contribution in [2.75, 3.05) is 38.8 Å². The molecular formula is C11H22N2O2S. The Morgan fingerprint density at radius 3 is 3.00 bits per heavy atom. The summed E-state index contributed by atoms with van der Waals surface area (Å²) in [5.41, 5.74) is 0. The van der Waals surface area contributed by atoms with Crippen LogP contribution in [-0.4, -0.2) is 61.7 Å². The van der Waals surface area contributed by atoms with Crippen LogP contribution in [0.15, 0.2) is 0 Å². The lowest BCUT2D eigenvalue weighted by atomic mass is 10.2. The van der Waals surface area contributed by atoms with E-state index in [1.54, 1.807) is 0 Å². The molecule has 1 fully saturated rings. The lowest BCUT2D eigenvalue weighted by Crippen LogP contribution is -2.53. The summed E-state index contributed by atoms with van der Waals surface area (Å²) in [4.78, 5) is 13.9. The number of thioether (sulfide) groups is 1. The van der Waals surface area contributed by atoms with Crippen molar-refractivity contribution in [2.24, 2.45) is 0 Å². The topological polar surface area (TPSA) is 41.6 Å². The highest BCUT2D eigenvalue weighted by Crippen LogP contribution is 2.08. The predicted molar refractivity (Wildman–Crippen MR) is 67.8 cm³/mol. The van der Waals surface area contributed by atoms with Crippen LogP contribution in [0.5, 0.6) is 0 Å². The van der Waals surface area contributed by atoms with Gasteiger partial charge in [-0.15, -0.1) is 0 Å². The van der Waals surface area contributed by atoms with Gasteiger partial charge in [-0.05, 0) is 25.4 Å². The molecule has 1 aliphatic rings. The van der Waals surface area contributed by atoms with Crippen LogP contribution >= 0.6 is 11.8 Å². The van der Waals surface area contributed by atoms with Crippen molar-refractivity contribution < 1.29 is 9.53 Å². The number of nitrogens with one attached hydrogen (secondary N) is 1. The molecule has 0 aliphatic carbocycles. The monoisotopic (exact) mass is 246 g/mol. The van der Waals surface area contributed by atoms with Crippen molar-refractivity contribution >= 4 is 17.7 Å². The summed E-state index contributed by atoms with van der Waals surface area (Å²) in [6, 6.07) is 0.138. The van der Waals surface area contributed by atoms with Crippen molar-refractivity contribution in [2.45, 2.75) is 25.4 Å². The van der Waals surface area contributed by atoms with Crippen LogP contribution in [-0.2, 0) is 9.53 Å². The number of carbonyl (C=O) groups excluding carboxylic acids is 1. The van der Waals surface area contributed by atoms with Crippen LogP contribution in [0, 0.1) is 0 Å². The second-order valence-electron chi connectivity index (χ2n) is 4.16. The summed E-state index contributed by atoms with van der Waals surface area (Å²) in [6.07, 6.45) is 3.13. The molecule has 1 aliphatic heterocycles. The van der Waals surface area contributed by atoms with Crippen molar-refractivity contribution in [3.05, 3.63) is 0 Å². The lowest BCUT2D eigenvalue weighted by molar-refractivity contribution is -0.136. The number of carbonyl (C=O) groups is 1. The van der Waals surface area contributed by atoms with Gasteiger partial charge in [0.25, 0.3) is 0 Å². The van der Waals surface area contributed by atoms with Gasteiger partial charge in [0, 0.05) is 19.6 Å². The minimum atomic E-state index is -0.157. The molecule has 2 atom stereocenters. The average Bonchev–Trinajstić information content (AvgIpc) is 2.35. The molecule has 0 aromatic carbocycles. The highest BCUT2D eigenvalue weighted by atomic mass is 32.2. The molecule has 0 radical (unpaired) electrons. The first-order valence-corrected chi connectivity index (χ1v) is 7.13. The number of nitrogens with zero attached hydrogens (tertiary/aromatic N) is 1. The van der Waals surface area contributed by atoms with E-state index in [0.717, 1.165) is 18.7 Å². The molecule has 94 valence electrons. The standard InChI is InChI=1S/C11H22N2O2S/c1-9(4-7-16-3)13(2)11(14)10-8-15-6-5-12-10/h9-10,12H,4-8H2,1-3H3. The van der Waals surface area contributed by atoms with E-state index in [4.69, 9.17) is 4.74 Å². The summed E-state index contributed by atoms with van der Waals surface area (Å²) < 4.78 is 5.30. The van der Waals surface area contributed by atoms with E-state index in [-0.39, 0.29) is 11.9 Å². The Bertz CT molecular complexity index is 220. The predicted octanol–water partition coefficient (Wildman–Crippen LogP) is 0.575. The van der Waals surface area contributed by atoms with Crippen LogP contribution < -0.4 is 5.32 Å². The van der Waals surface area contributed by atoms with Crippen LogP contribution in [0.3, 0.4) is 0 Å². The zero-order valence-electron chi connectivity index (χ0n) is 10.4. The van der Waals surface area contributed by atoms with Gasteiger partial charge in [0.1, 0.15) is 6.04 Å². The molecule has 1 N–H and O–H groups in total. The van der Waals surface area contributed by atoms with Crippen molar-refractivity contribution in [1.29, 1.82) is 0 Å². The second kappa shape index (κ2) is 7.14. The summed E-state index contributed by atoms with van der Waals surface area (Å²) in [5, 5.41) is 3.19. The highest BCUT2D eigenvalue weighted by molar-refractivity contribution is 7.98. The maximum atomic E-state index is 12.1. The van der Waals surface area contributed by atoms with Gasteiger partial charge in [0.05, 0.1) is 13.2 Å². The van der Waals surface area contributed by atoms with E-state index < -0.39 is 0 Å². The fourth-order valence-electron chi connectivity index (χ4n) is 1.67. The number of hydrogen-bond acceptors (Lipinski definition) is 4. The molecule has 1 saturated heterocycles. The SMILES string of the molecule is CSCCC(C)N(C)C(=O)C1COCCN1. The van der Waals surface area contributed by atoms with Crippen LogP contribution in [0.1, 0.15) is 13.3 Å². The smallest absolute Gasteiger partial charge is 0.242 e. The number of ether oxygens (including phenoxy) is 1. The average molecular weight is 246 g/mol. The van der Waals surface area contributed by atoms with Gasteiger partial charge in [-0.3, -0.25) is 4.79 Å². The molecule has 0 aromatic heterocycles. The largest absolute Gasteiger partial charge is 0.378 e. The summed E-state index contributed by atoms with van der Waals surface area (Å²) in [7, 11) is 1.88. The maximum absolute atomic E-state index is 12.1. The first kappa shape index (κ1) is 13.8. The van der Waals surface area contributed by atoms with E-state index in [1.165, 1.54) is 0 Å². The number of morpholine rings is 1. The molecule has 5 heteroatoms. The third-order valence-electron chi connectivity index (χ3n) is 2.97. The van der Waals surface area contributed by atoms with Crippen molar-refractivity contribution in [3.8, 4) is 0 Å². The molecule has 2 unspecified atom stereocenters. The van der Waals surface area contributed by atoms with Crippen LogP contribution in [0.25, 0.3) is 0 Å². The summed E-state index contributed by atoms with van der Waals surface area (Å²) >= 11 is 1.82. The molecule has 0 saturated carbocycles. The number of rotatable bonds is 5. The van der Waals surface area contributed by atoms with Gasteiger partial charge in [-0.1, -0.05) is 0 Å². The first-order valence-electron chi connectivity index (χ1n) is 5.73. The summed E-state index contributed by atoms with van der Waals surface area (Å²) in [6.45, 7) is 4.06. The molecule has 1 heterocycles. The van der Waals surface area contributed by atoms with Crippen LogP contribution in [0.4, 0.5) is 0 Å². The van der Waals surface area contributed by atoms with Gasteiger partial charge >= 0.3 is 0 Å². The number of amides is 1. The Kier molecular flexibility index (Phi) is 6.16. The highest BCUT2D eigenvalue weighted by Gasteiger charge is 2.26. The van der Waals surface area contributed by atoms with Crippen LogP contribution in [0.2, 0.25) is 0 Å². The molecular weight excluding hydrogens is 224 g/mol.